The molecule has 0 bridgehead atoms. The average molecular weight is 475 g/mol. The van der Waals surface area contributed by atoms with Gasteiger partial charge in [-0.1, -0.05) is 59.3 Å². The highest BCUT2D eigenvalue weighted by Crippen LogP contribution is 2.67. The van der Waals surface area contributed by atoms with E-state index >= 15 is 0 Å². The van der Waals surface area contributed by atoms with Gasteiger partial charge in [0.15, 0.2) is 5.78 Å². The van der Waals surface area contributed by atoms with Crippen molar-refractivity contribution >= 4 is 5.78 Å². The van der Waals surface area contributed by atoms with Gasteiger partial charge in [0.2, 0.25) is 0 Å². The topological polar surface area (TPSA) is 111 Å². The third-order valence-corrected chi connectivity index (χ3v) is 10.9. The fourth-order valence-electron chi connectivity index (χ4n) is 8.36. The van der Waals surface area contributed by atoms with Crippen LogP contribution in [0.25, 0.3) is 0 Å². The number of allylic oxidation sites excluding steroid dienone is 2. The Labute approximate surface area is 203 Å². The molecule has 0 aromatic rings. The van der Waals surface area contributed by atoms with E-state index in [1.54, 1.807) is 6.92 Å². The monoisotopic (exact) mass is 474 g/mol. The molecule has 0 radical (unpaired) electrons. The van der Waals surface area contributed by atoms with E-state index in [1.807, 2.05) is 26.0 Å². The van der Waals surface area contributed by atoms with Gasteiger partial charge in [0.1, 0.15) is 6.10 Å². The van der Waals surface area contributed by atoms with E-state index < -0.39 is 46.6 Å². The van der Waals surface area contributed by atoms with E-state index in [1.165, 1.54) is 0 Å². The van der Waals surface area contributed by atoms with Gasteiger partial charge in [-0.15, -0.1) is 0 Å². The molecule has 4 N–H and O–H groups in total. The summed E-state index contributed by atoms with van der Waals surface area (Å²) in [4.78, 5) is 13.9. The number of ether oxygens (including phenoxy) is 1. The molecule has 12 atom stereocenters. The second kappa shape index (κ2) is 7.72. The molecule has 0 unspecified atom stereocenters. The van der Waals surface area contributed by atoms with Crippen LogP contribution in [0.4, 0.5) is 0 Å². The van der Waals surface area contributed by atoms with Gasteiger partial charge in [-0.05, 0) is 42.6 Å². The number of ketones is 1. The molecule has 6 heteroatoms. The second-order valence-electron chi connectivity index (χ2n) is 12.8. The average Bonchev–Trinajstić information content (AvgIpc) is 3.53. The number of epoxide rings is 1. The van der Waals surface area contributed by atoms with Crippen LogP contribution in [0.3, 0.4) is 0 Å². The lowest BCUT2D eigenvalue weighted by Crippen LogP contribution is -2.66. The summed E-state index contributed by atoms with van der Waals surface area (Å²) in [6.45, 7) is 12.4. The van der Waals surface area contributed by atoms with Crippen LogP contribution in [-0.4, -0.2) is 62.3 Å². The molecule has 1 saturated heterocycles. The quantitative estimate of drug-likeness (QED) is 0.467. The Morgan fingerprint density at radius 1 is 1.06 bits per heavy atom. The van der Waals surface area contributed by atoms with Gasteiger partial charge < -0.3 is 25.2 Å². The summed E-state index contributed by atoms with van der Waals surface area (Å²) in [6, 6.07) is 0. The van der Waals surface area contributed by atoms with Crippen LogP contribution in [0.2, 0.25) is 0 Å². The summed E-state index contributed by atoms with van der Waals surface area (Å²) >= 11 is 0. The fourth-order valence-corrected chi connectivity index (χ4v) is 8.36. The number of carbonyl (C=O) groups is 1. The highest BCUT2D eigenvalue weighted by molar-refractivity contribution is 5.93. The van der Waals surface area contributed by atoms with Crippen molar-refractivity contribution in [3.63, 3.8) is 0 Å². The molecule has 190 valence electrons. The minimum Gasteiger partial charge on any atom is -0.393 e. The van der Waals surface area contributed by atoms with Gasteiger partial charge in [-0.2, -0.15) is 0 Å². The maximum atomic E-state index is 13.9. The second-order valence-corrected chi connectivity index (χ2v) is 12.8. The third kappa shape index (κ3) is 3.02. The predicted molar refractivity (Wildman–Crippen MR) is 128 cm³/mol. The van der Waals surface area contributed by atoms with Gasteiger partial charge in [0.05, 0.1) is 35.9 Å². The minimum absolute atomic E-state index is 0.0552. The van der Waals surface area contributed by atoms with Crippen LogP contribution in [0.5, 0.6) is 0 Å². The zero-order chi connectivity index (χ0) is 25.0. The smallest absolute Gasteiger partial charge is 0.170 e. The summed E-state index contributed by atoms with van der Waals surface area (Å²) in [5, 5.41) is 45.5. The Morgan fingerprint density at radius 3 is 2.38 bits per heavy atom. The molecule has 4 fully saturated rings. The number of aliphatic hydroxyl groups excluding tert-OH is 3. The largest absolute Gasteiger partial charge is 0.393 e. The number of aliphatic hydroxyl groups is 4. The number of hydrogen-bond donors (Lipinski definition) is 4. The van der Waals surface area contributed by atoms with E-state index in [-0.39, 0.29) is 30.3 Å². The Kier molecular flexibility index (Phi) is 5.60. The molecule has 6 nitrogen and oxygen atoms in total. The van der Waals surface area contributed by atoms with Crippen molar-refractivity contribution in [2.75, 3.05) is 0 Å². The van der Waals surface area contributed by atoms with Crippen molar-refractivity contribution in [1.82, 2.24) is 0 Å². The van der Waals surface area contributed by atoms with Crippen LogP contribution in [0, 0.1) is 40.4 Å². The number of carbonyl (C=O) groups excluding carboxylic acids is 1. The predicted octanol–water partition coefficient (Wildman–Crippen LogP) is 2.78. The van der Waals surface area contributed by atoms with Gasteiger partial charge in [0, 0.05) is 23.2 Å². The molecule has 0 aromatic heterocycles. The SMILES string of the molecule is CC(C)[C@@H](C)[C@H]1O[C@@H]1[C@@H](C)[C@H]1[C@@H](O)C[C@]2(O)C3=CC=C4C[C@@H](O)CC[C@]4(C)[C@H]3C(=O)[C@@H](O)[C@]12C. The molecule has 34 heavy (non-hydrogen) atoms. The molecular formula is C28H42O6. The number of rotatable bonds is 4. The summed E-state index contributed by atoms with van der Waals surface area (Å²) in [5.41, 5.74) is -1.60. The lowest BCUT2D eigenvalue weighted by Gasteiger charge is -2.58. The Morgan fingerprint density at radius 2 is 1.74 bits per heavy atom. The van der Waals surface area contributed by atoms with E-state index in [0.717, 1.165) is 5.57 Å². The van der Waals surface area contributed by atoms with Crippen molar-refractivity contribution in [2.45, 2.75) is 103 Å². The summed E-state index contributed by atoms with van der Waals surface area (Å²) in [6.07, 6.45) is 3.01. The highest BCUT2D eigenvalue weighted by Gasteiger charge is 2.74. The van der Waals surface area contributed by atoms with E-state index in [2.05, 4.69) is 20.8 Å². The first kappa shape index (κ1) is 24.6. The van der Waals surface area contributed by atoms with Gasteiger partial charge >= 0.3 is 0 Å². The molecule has 5 rings (SSSR count). The van der Waals surface area contributed by atoms with Crippen LogP contribution in [-0.2, 0) is 9.53 Å². The molecule has 1 aliphatic heterocycles. The van der Waals surface area contributed by atoms with E-state index in [9.17, 15) is 25.2 Å². The lowest BCUT2D eigenvalue weighted by atomic mass is 9.47. The number of hydrogen-bond acceptors (Lipinski definition) is 6. The zero-order valence-electron chi connectivity index (χ0n) is 21.4. The van der Waals surface area contributed by atoms with Crippen LogP contribution in [0.15, 0.2) is 23.3 Å². The van der Waals surface area contributed by atoms with Gasteiger partial charge in [-0.3, -0.25) is 4.79 Å². The molecule has 5 aliphatic rings. The summed E-state index contributed by atoms with van der Waals surface area (Å²) < 4.78 is 6.08. The van der Waals surface area contributed by atoms with Gasteiger partial charge in [0.25, 0.3) is 0 Å². The standard InChI is InChI=1S/C28H42O6/c1-13(2)14(3)23-24(34-23)15(4)20-19(30)12-28(33)18-8-7-16-11-17(29)9-10-26(16,5)21(18)22(31)25(32)27(20,28)6/h7-8,13-15,17,19-21,23-25,29-30,32-33H,9-12H2,1-6H3/t14-,15+,17+,19+,20+,21-,23-,24-,25-,26+,27+,28+/m1/s1. The van der Waals surface area contributed by atoms with Crippen molar-refractivity contribution in [3.05, 3.63) is 23.3 Å². The fraction of sp³-hybridized carbons (Fsp3) is 0.821. The molecule has 0 spiro atoms. The first-order chi connectivity index (χ1) is 15.8. The van der Waals surface area contributed by atoms with Gasteiger partial charge in [-0.25, -0.2) is 0 Å². The van der Waals surface area contributed by atoms with E-state index in [0.29, 0.717) is 36.7 Å². The maximum absolute atomic E-state index is 13.9. The molecule has 1 heterocycles. The third-order valence-electron chi connectivity index (χ3n) is 10.9. The van der Waals surface area contributed by atoms with Crippen LogP contribution in [0.1, 0.15) is 67.2 Å². The van der Waals surface area contributed by atoms with Crippen molar-refractivity contribution in [1.29, 1.82) is 0 Å². The zero-order valence-corrected chi connectivity index (χ0v) is 21.4. The molecule has 0 aromatic carbocycles. The first-order valence-corrected chi connectivity index (χ1v) is 13.2. The van der Waals surface area contributed by atoms with Crippen molar-refractivity contribution in [3.8, 4) is 0 Å². The van der Waals surface area contributed by atoms with Crippen molar-refractivity contribution in [2.24, 2.45) is 40.4 Å². The van der Waals surface area contributed by atoms with Crippen LogP contribution >= 0.6 is 0 Å². The summed E-state index contributed by atoms with van der Waals surface area (Å²) in [7, 11) is 0. The highest BCUT2D eigenvalue weighted by atomic mass is 16.6. The Bertz CT molecular complexity index is 939. The lowest BCUT2D eigenvalue weighted by molar-refractivity contribution is -0.177. The number of fused-ring (bicyclic) bond motifs is 5. The first-order valence-electron chi connectivity index (χ1n) is 13.2. The van der Waals surface area contributed by atoms with E-state index in [4.69, 9.17) is 4.74 Å². The number of Topliss-reactive ketones (excluding diaryl/α,β-unsaturated/α-hetero) is 1. The molecule has 0 amide bonds. The van der Waals surface area contributed by atoms with Crippen LogP contribution < -0.4 is 0 Å². The molecule has 4 aliphatic carbocycles. The Balaban J connectivity index is 1.54. The van der Waals surface area contributed by atoms with Crippen molar-refractivity contribution < 1.29 is 30.0 Å². The molecular weight excluding hydrogens is 432 g/mol. The Hall–Kier alpha value is -1.05. The summed E-state index contributed by atoms with van der Waals surface area (Å²) in [5.74, 6) is -0.660. The molecule has 3 saturated carbocycles. The normalized spacial score (nSPS) is 51.7. The maximum Gasteiger partial charge on any atom is 0.170 e. The minimum atomic E-state index is -1.49.